The van der Waals surface area contributed by atoms with E-state index in [9.17, 15) is 5.11 Å². The molecular formula is C15H15N3O2S. The molecule has 0 saturated carbocycles. The van der Waals surface area contributed by atoms with Gasteiger partial charge in [0.1, 0.15) is 11.5 Å². The molecule has 3 N–H and O–H groups in total. The van der Waals surface area contributed by atoms with Gasteiger partial charge in [-0.3, -0.25) is 5.43 Å². The van der Waals surface area contributed by atoms with Crippen molar-refractivity contribution in [2.24, 2.45) is 5.10 Å². The lowest BCUT2D eigenvalue weighted by Crippen LogP contribution is -2.23. The average Bonchev–Trinajstić information content (AvgIpc) is 2.50. The van der Waals surface area contributed by atoms with Crippen molar-refractivity contribution in [3.8, 4) is 11.5 Å². The van der Waals surface area contributed by atoms with E-state index in [1.54, 1.807) is 25.3 Å². The predicted molar refractivity (Wildman–Crippen MR) is 88.1 cm³/mol. The Morgan fingerprint density at radius 1 is 1.24 bits per heavy atom. The molecule has 0 bridgehead atoms. The molecule has 0 fully saturated rings. The van der Waals surface area contributed by atoms with Gasteiger partial charge in [0.25, 0.3) is 0 Å². The summed E-state index contributed by atoms with van der Waals surface area (Å²) < 4.78 is 5.08. The number of phenols is 1. The quantitative estimate of drug-likeness (QED) is 0.460. The van der Waals surface area contributed by atoms with Crippen LogP contribution in [0.4, 0.5) is 5.69 Å². The normalized spacial score (nSPS) is 10.3. The molecule has 21 heavy (non-hydrogen) atoms. The van der Waals surface area contributed by atoms with Crippen LogP contribution in [0.1, 0.15) is 5.56 Å². The minimum atomic E-state index is 0.114. The summed E-state index contributed by atoms with van der Waals surface area (Å²) in [6, 6.07) is 14.4. The molecule has 108 valence electrons. The van der Waals surface area contributed by atoms with Crippen molar-refractivity contribution in [2.75, 3.05) is 12.4 Å². The van der Waals surface area contributed by atoms with Crippen molar-refractivity contribution in [1.82, 2.24) is 5.43 Å². The smallest absolute Gasteiger partial charge is 0.191 e. The van der Waals surface area contributed by atoms with Gasteiger partial charge in [-0.2, -0.15) is 5.10 Å². The lowest BCUT2D eigenvalue weighted by Gasteiger charge is -2.06. The second-order valence-electron chi connectivity index (χ2n) is 4.11. The number of para-hydroxylation sites is 1. The van der Waals surface area contributed by atoms with Crippen LogP contribution < -0.4 is 15.5 Å². The Balaban J connectivity index is 1.94. The fraction of sp³-hybridized carbons (Fsp3) is 0.0667. The van der Waals surface area contributed by atoms with E-state index in [1.807, 2.05) is 30.3 Å². The summed E-state index contributed by atoms with van der Waals surface area (Å²) in [5.74, 6) is 0.752. The third-order valence-corrected chi connectivity index (χ3v) is 2.83. The number of methoxy groups -OCH3 is 1. The first-order valence-corrected chi connectivity index (χ1v) is 6.62. The molecule has 0 atom stereocenters. The van der Waals surface area contributed by atoms with Crippen molar-refractivity contribution in [3.63, 3.8) is 0 Å². The topological polar surface area (TPSA) is 65.9 Å². The molecule has 0 aliphatic rings. The van der Waals surface area contributed by atoms with Crippen LogP contribution in [0.25, 0.3) is 0 Å². The SMILES string of the molecule is COc1ccc(O)c(/C=N\NC(=S)Nc2ccccc2)c1. The van der Waals surface area contributed by atoms with Crippen LogP contribution in [-0.4, -0.2) is 23.5 Å². The molecule has 0 saturated heterocycles. The highest BCUT2D eigenvalue weighted by Crippen LogP contribution is 2.20. The van der Waals surface area contributed by atoms with Crippen molar-refractivity contribution < 1.29 is 9.84 Å². The summed E-state index contributed by atoms with van der Waals surface area (Å²) in [4.78, 5) is 0. The molecule has 0 radical (unpaired) electrons. The molecule has 0 aliphatic heterocycles. The van der Waals surface area contributed by atoms with Gasteiger partial charge < -0.3 is 15.2 Å². The molecule has 0 unspecified atom stereocenters. The molecular weight excluding hydrogens is 286 g/mol. The Kier molecular flexibility index (Phi) is 5.11. The molecule has 0 amide bonds. The number of anilines is 1. The van der Waals surface area contributed by atoms with Crippen molar-refractivity contribution in [1.29, 1.82) is 0 Å². The monoisotopic (exact) mass is 301 g/mol. The van der Waals surface area contributed by atoms with Crippen LogP contribution >= 0.6 is 12.2 Å². The predicted octanol–water partition coefficient (Wildman–Crippen LogP) is 2.72. The molecule has 6 heteroatoms. The summed E-state index contributed by atoms with van der Waals surface area (Å²) in [6.45, 7) is 0. The first-order valence-electron chi connectivity index (χ1n) is 6.21. The Labute approximate surface area is 128 Å². The van der Waals surface area contributed by atoms with Gasteiger partial charge >= 0.3 is 0 Å². The molecule has 5 nitrogen and oxygen atoms in total. The van der Waals surface area contributed by atoms with Gasteiger partial charge in [0.2, 0.25) is 0 Å². The highest BCUT2D eigenvalue weighted by atomic mass is 32.1. The molecule has 0 spiro atoms. The zero-order valence-electron chi connectivity index (χ0n) is 11.4. The van der Waals surface area contributed by atoms with E-state index in [4.69, 9.17) is 17.0 Å². The molecule has 2 aromatic rings. The minimum absolute atomic E-state index is 0.114. The fourth-order valence-corrected chi connectivity index (χ4v) is 1.77. The maximum absolute atomic E-state index is 9.71. The lowest BCUT2D eigenvalue weighted by molar-refractivity contribution is 0.412. The Bertz CT molecular complexity index is 645. The number of nitrogens with one attached hydrogen (secondary N) is 2. The third kappa shape index (κ3) is 4.47. The largest absolute Gasteiger partial charge is 0.507 e. The summed E-state index contributed by atoms with van der Waals surface area (Å²) in [5.41, 5.74) is 4.08. The van der Waals surface area contributed by atoms with E-state index in [1.165, 1.54) is 6.21 Å². The number of hydrazone groups is 1. The first kappa shape index (κ1) is 14.8. The Morgan fingerprint density at radius 2 is 2.00 bits per heavy atom. The second kappa shape index (κ2) is 7.25. The number of benzene rings is 2. The number of ether oxygens (including phenoxy) is 1. The van der Waals surface area contributed by atoms with Crippen LogP contribution in [0.3, 0.4) is 0 Å². The van der Waals surface area contributed by atoms with Crippen molar-refractivity contribution >= 4 is 29.2 Å². The molecule has 2 aromatic carbocycles. The van der Waals surface area contributed by atoms with Crippen LogP contribution in [0.2, 0.25) is 0 Å². The molecule has 2 rings (SSSR count). The summed E-state index contributed by atoms with van der Waals surface area (Å²) in [7, 11) is 1.56. The highest BCUT2D eigenvalue weighted by Gasteiger charge is 2.00. The highest BCUT2D eigenvalue weighted by molar-refractivity contribution is 7.80. The van der Waals surface area contributed by atoms with Crippen molar-refractivity contribution in [2.45, 2.75) is 0 Å². The number of hydrogen-bond acceptors (Lipinski definition) is 4. The lowest BCUT2D eigenvalue weighted by atomic mass is 10.2. The summed E-state index contributed by atoms with van der Waals surface area (Å²) in [5, 5.41) is 17.0. The average molecular weight is 301 g/mol. The van der Waals surface area contributed by atoms with Gasteiger partial charge in [0.05, 0.1) is 13.3 Å². The van der Waals surface area contributed by atoms with Gasteiger partial charge in [0, 0.05) is 11.3 Å². The maximum atomic E-state index is 9.71. The standard InChI is InChI=1S/C15H15N3O2S/c1-20-13-7-8-14(19)11(9-13)10-16-18-15(21)17-12-5-3-2-4-6-12/h2-10,19H,1H3,(H2,17,18,21)/b16-10-. The number of rotatable bonds is 4. The number of aromatic hydroxyl groups is 1. The van der Waals surface area contributed by atoms with Crippen LogP contribution in [-0.2, 0) is 0 Å². The van der Waals surface area contributed by atoms with Crippen LogP contribution in [0, 0.1) is 0 Å². The van der Waals surface area contributed by atoms with Gasteiger partial charge in [-0.05, 0) is 42.5 Å². The van der Waals surface area contributed by atoms with Gasteiger partial charge in [0.15, 0.2) is 5.11 Å². The van der Waals surface area contributed by atoms with E-state index >= 15 is 0 Å². The molecule has 0 heterocycles. The number of phenolic OH excluding ortho intramolecular Hbond substituents is 1. The Morgan fingerprint density at radius 3 is 2.71 bits per heavy atom. The maximum Gasteiger partial charge on any atom is 0.191 e. The van der Waals surface area contributed by atoms with Crippen LogP contribution in [0.15, 0.2) is 53.6 Å². The third-order valence-electron chi connectivity index (χ3n) is 2.64. The van der Waals surface area contributed by atoms with E-state index in [0.717, 1.165) is 5.69 Å². The second-order valence-corrected chi connectivity index (χ2v) is 4.52. The zero-order chi connectivity index (χ0) is 15.1. The van der Waals surface area contributed by atoms with E-state index < -0.39 is 0 Å². The summed E-state index contributed by atoms with van der Waals surface area (Å²) >= 11 is 5.11. The number of nitrogens with zero attached hydrogens (tertiary/aromatic N) is 1. The van der Waals surface area contributed by atoms with E-state index in [2.05, 4.69) is 15.8 Å². The Hall–Kier alpha value is -2.60. The number of hydrogen-bond donors (Lipinski definition) is 3. The fourth-order valence-electron chi connectivity index (χ4n) is 1.60. The molecule has 0 aliphatic carbocycles. The van der Waals surface area contributed by atoms with Gasteiger partial charge in [-0.15, -0.1) is 0 Å². The van der Waals surface area contributed by atoms with Crippen LogP contribution in [0.5, 0.6) is 11.5 Å². The number of thiocarbonyl (C=S) groups is 1. The zero-order valence-corrected chi connectivity index (χ0v) is 12.2. The van der Waals surface area contributed by atoms with Gasteiger partial charge in [-0.1, -0.05) is 18.2 Å². The molecule has 0 aromatic heterocycles. The van der Waals surface area contributed by atoms with E-state index in [-0.39, 0.29) is 5.75 Å². The summed E-state index contributed by atoms with van der Waals surface area (Å²) in [6.07, 6.45) is 1.47. The minimum Gasteiger partial charge on any atom is -0.507 e. The van der Waals surface area contributed by atoms with Crippen molar-refractivity contribution in [3.05, 3.63) is 54.1 Å². The van der Waals surface area contributed by atoms with E-state index in [0.29, 0.717) is 16.4 Å². The van der Waals surface area contributed by atoms with Gasteiger partial charge in [-0.25, -0.2) is 0 Å². The first-order chi connectivity index (χ1) is 10.2.